The van der Waals surface area contributed by atoms with Crippen molar-refractivity contribution in [3.8, 4) is 5.75 Å². The molecule has 0 spiro atoms. The van der Waals surface area contributed by atoms with E-state index in [1.807, 2.05) is 0 Å². The molecule has 1 aromatic carbocycles. The van der Waals surface area contributed by atoms with Crippen molar-refractivity contribution < 1.29 is 4.74 Å². The van der Waals surface area contributed by atoms with Gasteiger partial charge in [0.25, 0.3) is 0 Å². The first-order valence-corrected chi connectivity index (χ1v) is 8.08. The fourth-order valence-electron chi connectivity index (χ4n) is 3.71. The van der Waals surface area contributed by atoms with E-state index in [0.29, 0.717) is 6.04 Å². The molecular formula is C18H27NO. The molecule has 1 fully saturated rings. The smallest absolute Gasteiger partial charge is 0.127 e. The van der Waals surface area contributed by atoms with E-state index in [4.69, 9.17) is 4.74 Å². The van der Waals surface area contributed by atoms with Crippen LogP contribution >= 0.6 is 0 Å². The first-order chi connectivity index (χ1) is 9.55. The highest BCUT2D eigenvalue weighted by Gasteiger charge is 2.31. The summed E-state index contributed by atoms with van der Waals surface area (Å²) in [5.41, 5.74) is 2.64. The standard InChI is InChI=1S/C18H27NO/c1-13(14-7-4-5-8-14)19-12-16-10-6-9-15-11-18(2,3)20-17(15)16/h6,9-10,13-14,19H,4-5,7-8,11-12H2,1-3H3/t13-/m0/s1. The molecular weight excluding hydrogens is 246 g/mol. The van der Waals surface area contributed by atoms with Gasteiger partial charge in [-0.25, -0.2) is 0 Å². The van der Waals surface area contributed by atoms with E-state index in [1.165, 1.54) is 36.8 Å². The lowest BCUT2D eigenvalue weighted by Crippen LogP contribution is -2.32. The molecule has 1 saturated carbocycles. The molecule has 3 rings (SSSR count). The van der Waals surface area contributed by atoms with Crippen LogP contribution in [0.4, 0.5) is 0 Å². The highest BCUT2D eigenvalue weighted by Crippen LogP contribution is 2.37. The fourth-order valence-corrected chi connectivity index (χ4v) is 3.71. The zero-order chi connectivity index (χ0) is 14.2. The minimum atomic E-state index is -0.0461. The molecule has 0 amide bonds. The summed E-state index contributed by atoms with van der Waals surface area (Å²) in [6.45, 7) is 7.61. The molecule has 1 aliphatic heterocycles. The lowest BCUT2D eigenvalue weighted by Gasteiger charge is -2.22. The largest absolute Gasteiger partial charge is 0.487 e. The third-order valence-corrected chi connectivity index (χ3v) is 4.89. The maximum Gasteiger partial charge on any atom is 0.127 e. The van der Waals surface area contributed by atoms with Gasteiger partial charge in [-0.2, -0.15) is 0 Å². The van der Waals surface area contributed by atoms with E-state index in [-0.39, 0.29) is 5.60 Å². The van der Waals surface area contributed by atoms with Crippen LogP contribution in [0.15, 0.2) is 18.2 Å². The Bertz CT molecular complexity index is 474. The number of nitrogens with one attached hydrogen (secondary N) is 1. The molecule has 0 saturated heterocycles. The summed E-state index contributed by atoms with van der Waals surface area (Å²) >= 11 is 0. The number of benzene rings is 1. The Balaban J connectivity index is 1.65. The van der Waals surface area contributed by atoms with Crippen molar-refractivity contribution in [1.29, 1.82) is 0 Å². The number of rotatable bonds is 4. The summed E-state index contributed by atoms with van der Waals surface area (Å²) < 4.78 is 6.14. The molecule has 2 aliphatic rings. The molecule has 1 heterocycles. The quantitative estimate of drug-likeness (QED) is 0.893. The van der Waals surface area contributed by atoms with E-state index >= 15 is 0 Å². The van der Waals surface area contributed by atoms with Crippen LogP contribution in [0.3, 0.4) is 0 Å². The Morgan fingerprint density at radius 2 is 2.05 bits per heavy atom. The van der Waals surface area contributed by atoms with Crippen LogP contribution in [0.2, 0.25) is 0 Å². The van der Waals surface area contributed by atoms with Crippen molar-refractivity contribution in [1.82, 2.24) is 5.32 Å². The molecule has 0 aromatic heterocycles. The number of fused-ring (bicyclic) bond motifs is 1. The van der Waals surface area contributed by atoms with Crippen molar-refractivity contribution >= 4 is 0 Å². The Labute approximate surface area is 122 Å². The van der Waals surface area contributed by atoms with E-state index in [2.05, 4.69) is 44.3 Å². The summed E-state index contributed by atoms with van der Waals surface area (Å²) in [6, 6.07) is 7.19. The Morgan fingerprint density at radius 1 is 1.30 bits per heavy atom. The summed E-state index contributed by atoms with van der Waals surface area (Å²) in [6.07, 6.45) is 6.63. The van der Waals surface area contributed by atoms with Crippen molar-refractivity contribution in [2.24, 2.45) is 5.92 Å². The van der Waals surface area contributed by atoms with Crippen molar-refractivity contribution in [2.45, 2.75) is 71.1 Å². The van der Waals surface area contributed by atoms with Crippen LogP contribution in [0.1, 0.15) is 57.6 Å². The molecule has 1 N–H and O–H groups in total. The lowest BCUT2D eigenvalue weighted by molar-refractivity contribution is 0.137. The summed E-state index contributed by atoms with van der Waals surface area (Å²) in [5.74, 6) is 1.99. The average Bonchev–Trinajstić information content (AvgIpc) is 3.01. The Kier molecular flexibility index (Phi) is 3.76. The minimum Gasteiger partial charge on any atom is -0.487 e. The Hall–Kier alpha value is -1.02. The van der Waals surface area contributed by atoms with Crippen LogP contribution < -0.4 is 10.1 Å². The summed E-state index contributed by atoms with van der Waals surface area (Å²) in [7, 11) is 0. The van der Waals surface area contributed by atoms with Gasteiger partial charge in [-0.15, -0.1) is 0 Å². The predicted molar refractivity (Wildman–Crippen MR) is 83.1 cm³/mol. The molecule has 1 atom stereocenters. The van der Waals surface area contributed by atoms with E-state index in [1.54, 1.807) is 0 Å². The van der Waals surface area contributed by atoms with Crippen molar-refractivity contribution in [2.75, 3.05) is 0 Å². The van der Waals surface area contributed by atoms with Crippen molar-refractivity contribution in [3.63, 3.8) is 0 Å². The first kappa shape index (κ1) is 13.9. The number of ether oxygens (including phenoxy) is 1. The van der Waals surface area contributed by atoms with E-state index < -0.39 is 0 Å². The number of para-hydroxylation sites is 1. The van der Waals surface area contributed by atoms with Crippen molar-refractivity contribution in [3.05, 3.63) is 29.3 Å². The molecule has 0 unspecified atom stereocenters. The zero-order valence-corrected chi connectivity index (χ0v) is 13.0. The third-order valence-electron chi connectivity index (χ3n) is 4.89. The molecule has 110 valence electrons. The van der Waals surface area contributed by atoms with E-state index in [0.717, 1.165) is 24.6 Å². The highest BCUT2D eigenvalue weighted by atomic mass is 16.5. The van der Waals surface area contributed by atoms with Gasteiger partial charge in [0.15, 0.2) is 0 Å². The van der Waals surface area contributed by atoms with Gasteiger partial charge in [0.1, 0.15) is 11.4 Å². The van der Waals surface area contributed by atoms with Crippen LogP contribution in [0, 0.1) is 5.92 Å². The SMILES string of the molecule is C[C@H](NCc1cccc2c1OC(C)(C)C2)C1CCCC1. The van der Waals surface area contributed by atoms with Gasteiger partial charge in [0.05, 0.1) is 0 Å². The molecule has 2 heteroatoms. The maximum atomic E-state index is 6.14. The number of hydrogen-bond donors (Lipinski definition) is 1. The normalized spacial score (nSPS) is 22.6. The minimum absolute atomic E-state index is 0.0461. The first-order valence-electron chi connectivity index (χ1n) is 8.08. The second kappa shape index (κ2) is 5.40. The number of hydrogen-bond acceptors (Lipinski definition) is 2. The molecule has 2 nitrogen and oxygen atoms in total. The lowest BCUT2D eigenvalue weighted by atomic mass is 9.98. The van der Waals surface area contributed by atoms with Gasteiger partial charge in [0, 0.05) is 24.6 Å². The van der Waals surface area contributed by atoms with Gasteiger partial charge in [-0.3, -0.25) is 0 Å². The molecule has 1 aromatic rings. The van der Waals surface area contributed by atoms with Gasteiger partial charge in [0.2, 0.25) is 0 Å². The summed E-state index contributed by atoms with van der Waals surface area (Å²) in [4.78, 5) is 0. The zero-order valence-electron chi connectivity index (χ0n) is 13.0. The van der Waals surface area contributed by atoms with Crippen LogP contribution in [-0.2, 0) is 13.0 Å². The Morgan fingerprint density at radius 3 is 2.80 bits per heavy atom. The van der Waals surface area contributed by atoms with Crippen LogP contribution in [-0.4, -0.2) is 11.6 Å². The summed E-state index contributed by atoms with van der Waals surface area (Å²) in [5, 5.41) is 3.72. The average molecular weight is 273 g/mol. The predicted octanol–water partition coefficient (Wildman–Crippen LogP) is 4.07. The molecule has 20 heavy (non-hydrogen) atoms. The van der Waals surface area contributed by atoms with Crippen LogP contribution in [0.25, 0.3) is 0 Å². The monoisotopic (exact) mass is 273 g/mol. The topological polar surface area (TPSA) is 21.3 Å². The molecule has 0 radical (unpaired) electrons. The maximum absolute atomic E-state index is 6.14. The van der Waals surface area contributed by atoms with Gasteiger partial charge in [-0.1, -0.05) is 31.0 Å². The second-order valence-corrected chi connectivity index (χ2v) is 7.16. The second-order valence-electron chi connectivity index (χ2n) is 7.16. The molecule has 0 bridgehead atoms. The van der Waals surface area contributed by atoms with Gasteiger partial charge in [-0.05, 0) is 45.1 Å². The van der Waals surface area contributed by atoms with Gasteiger partial charge >= 0.3 is 0 Å². The van der Waals surface area contributed by atoms with E-state index in [9.17, 15) is 0 Å². The van der Waals surface area contributed by atoms with Gasteiger partial charge < -0.3 is 10.1 Å². The third kappa shape index (κ3) is 2.85. The fraction of sp³-hybridized carbons (Fsp3) is 0.667. The van der Waals surface area contributed by atoms with Crippen LogP contribution in [0.5, 0.6) is 5.75 Å². The molecule has 1 aliphatic carbocycles. The highest BCUT2D eigenvalue weighted by molar-refractivity contribution is 5.45.